The fourth-order valence-electron chi connectivity index (χ4n) is 1.64. The molecule has 22 heavy (non-hydrogen) atoms. The number of thiocarbonyl (C=S) groups is 1. The fraction of sp³-hybridized carbons (Fsp3) is 0. The molecule has 0 bridgehead atoms. The maximum absolute atomic E-state index is 13.4. The lowest BCUT2D eigenvalue weighted by Crippen LogP contribution is -2.24. The zero-order valence-corrected chi connectivity index (χ0v) is 12.0. The Morgan fingerprint density at radius 2 is 1.91 bits per heavy atom. The molecule has 0 saturated carbocycles. The summed E-state index contributed by atoms with van der Waals surface area (Å²) in [5.41, 5.74) is 2.94. The van der Waals surface area contributed by atoms with Gasteiger partial charge < -0.3 is 5.32 Å². The van der Waals surface area contributed by atoms with Crippen LogP contribution in [0.3, 0.4) is 0 Å². The van der Waals surface area contributed by atoms with Gasteiger partial charge in [0.1, 0.15) is 5.82 Å². The largest absolute Gasteiger partial charge is 0.329 e. The normalized spacial score (nSPS) is 10.4. The molecule has 0 atom stereocenters. The molecule has 0 aromatic heterocycles. The van der Waals surface area contributed by atoms with Crippen LogP contribution in [0.5, 0.6) is 0 Å². The molecule has 8 heteroatoms. The zero-order valence-electron chi connectivity index (χ0n) is 11.2. The van der Waals surface area contributed by atoms with Gasteiger partial charge in [-0.2, -0.15) is 5.10 Å². The van der Waals surface area contributed by atoms with E-state index in [0.29, 0.717) is 5.56 Å². The fourth-order valence-corrected chi connectivity index (χ4v) is 1.80. The van der Waals surface area contributed by atoms with Crippen LogP contribution in [0.2, 0.25) is 0 Å². The molecule has 0 unspecified atom stereocenters. The van der Waals surface area contributed by atoms with E-state index in [-0.39, 0.29) is 16.5 Å². The zero-order chi connectivity index (χ0) is 15.9. The Labute approximate surface area is 130 Å². The van der Waals surface area contributed by atoms with Crippen molar-refractivity contribution in [2.75, 3.05) is 5.32 Å². The molecule has 0 saturated heterocycles. The number of nitrogens with zero attached hydrogens (tertiary/aromatic N) is 2. The van der Waals surface area contributed by atoms with Gasteiger partial charge in [-0.05, 0) is 30.4 Å². The molecule has 0 aliphatic carbocycles. The van der Waals surface area contributed by atoms with Gasteiger partial charge in [-0.3, -0.25) is 15.5 Å². The molecule has 0 aliphatic rings. The molecule has 0 heterocycles. The molecule has 0 radical (unpaired) electrons. The van der Waals surface area contributed by atoms with Crippen molar-refractivity contribution in [3.63, 3.8) is 0 Å². The smallest absolute Gasteiger partial charge is 0.278 e. The highest BCUT2D eigenvalue weighted by Crippen LogP contribution is 2.15. The molecule has 0 aliphatic heterocycles. The Morgan fingerprint density at radius 1 is 1.23 bits per heavy atom. The number of para-hydroxylation sites is 2. The van der Waals surface area contributed by atoms with E-state index in [1.54, 1.807) is 30.3 Å². The number of nitro groups is 1. The van der Waals surface area contributed by atoms with Gasteiger partial charge in [0.2, 0.25) is 0 Å². The van der Waals surface area contributed by atoms with Gasteiger partial charge in [0.25, 0.3) is 5.69 Å². The average molecular weight is 318 g/mol. The first-order chi connectivity index (χ1) is 10.6. The van der Waals surface area contributed by atoms with E-state index in [1.807, 2.05) is 0 Å². The Hall–Kier alpha value is -2.87. The number of nitro benzene ring substituents is 1. The summed E-state index contributed by atoms with van der Waals surface area (Å²) in [7, 11) is 0. The topological polar surface area (TPSA) is 79.6 Å². The summed E-state index contributed by atoms with van der Waals surface area (Å²) in [6.45, 7) is 0. The summed E-state index contributed by atoms with van der Waals surface area (Å²) in [4.78, 5) is 10.3. The van der Waals surface area contributed by atoms with Crippen LogP contribution in [-0.2, 0) is 0 Å². The first kappa shape index (κ1) is 15.5. The van der Waals surface area contributed by atoms with E-state index in [0.717, 1.165) is 0 Å². The van der Waals surface area contributed by atoms with Crippen molar-refractivity contribution in [2.24, 2.45) is 5.10 Å². The van der Waals surface area contributed by atoms with Crippen LogP contribution in [0.1, 0.15) is 5.56 Å². The molecule has 112 valence electrons. The van der Waals surface area contributed by atoms with Crippen LogP contribution in [-0.4, -0.2) is 16.3 Å². The molecule has 2 N–H and O–H groups in total. The van der Waals surface area contributed by atoms with Crippen molar-refractivity contribution >= 4 is 34.9 Å². The van der Waals surface area contributed by atoms with E-state index in [4.69, 9.17) is 12.2 Å². The van der Waals surface area contributed by atoms with Crippen LogP contribution >= 0.6 is 12.2 Å². The highest BCUT2D eigenvalue weighted by Gasteiger charge is 2.09. The highest BCUT2D eigenvalue weighted by atomic mass is 32.1. The quantitative estimate of drug-likeness (QED) is 0.392. The van der Waals surface area contributed by atoms with E-state index < -0.39 is 10.7 Å². The third kappa shape index (κ3) is 4.06. The first-order valence-electron chi connectivity index (χ1n) is 6.16. The minimum absolute atomic E-state index is 0.0685. The summed E-state index contributed by atoms with van der Waals surface area (Å²) in [6.07, 6.45) is 1.27. The number of anilines is 1. The summed E-state index contributed by atoms with van der Waals surface area (Å²) >= 11 is 4.96. The number of rotatable bonds is 4. The Balaban J connectivity index is 2.00. The number of halogens is 1. The van der Waals surface area contributed by atoms with Gasteiger partial charge in [-0.1, -0.05) is 24.3 Å². The Kier molecular flexibility index (Phi) is 5.10. The van der Waals surface area contributed by atoms with E-state index in [1.165, 1.54) is 24.4 Å². The molecule has 0 amide bonds. The van der Waals surface area contributed by atoms with Crippen molar-refractivity contribution in [3.05, 3.63) is 70.0 Å². The monoisotopic (exact) mass is 318 g/mol. The molecular weight excluding hydrogens is 307 g/mol. The van der Waals surface area contributed by atoms with Crippen molar-refractivity contribution in [3.8, 4) is 0 Å². The lowest BCUT2D eigenvalue weighted by Gasteiger charge is -2.07. The first-order valence-corrected chi connectivity index (χ1v) is 6.57. The summed E-state index contributed by atoms with van der Waals surface area (Å²) in [5.74, 6) is -0.450. The van der Waals surface area contributed by atoms with Crippen molar-refractivity contribution in [1.82, 2.24) is 5.43 Å². The second-order valence-electron chi connectivity index (χ2n) is 4.12. The number of benzene rings is 2. The molecular formula is C14H11FN4O2S. The van der Waals surface area contributed by atoms with E-state index in [2.05, 4.69) is 15.8 Å². The van der Waals surface area contributed by atoms with Crippen LogP contribution in [0, 0.1) is 15.9 Å². The third-order valence-corrected chi connectivity index (χ3v) is 2.82. The van der Waals surface area contributed by atoms with Gasteiger partial charge in [0.15, 0.2) is 5.11 Å². The predicted molar refractivity (Wildman–Crippen MR) is 86.4 cm³/mol. The third-order valence-electron chi connectivity index (χ3n) is 2.63. The molecule has 2 aromatic rings. The maximum Gasteiger partial charge on any atom is 0.278 e. The number of hydrogen-bond acceptors (Lipinski definition) is 4. The Morgan fingerprint density at radius 3 is 2.64 bits per heavy atom. The standard InChI is InChI=1S/C14H11FN4O2S/c15-11-6-2-3-7-12(11)17-14(22)18-16-9-10-5-1-4-8-13(10)19(20)21/h1-9H,(H2,17,18,22)/b16-9-. The van der Waals surface area contributed by atoms with Gasteiger partial charge >= 0.3 is 0 Å². The van der Waals surface area contributed by atoms with E-state index >= 15 is 0 Å². The number of nitrogens with one attached hydrogen (secondary N) is 2. The second kappa shape index (κ2) is 7.23. The minimum atomic E-state index is -0.503. The summed E-state index contributed by atoms with van der Waals surface area (Å²) in [5, 5.41) is 17.3. The van der Waals surface area contributed by atoms with Crippen LogP contribution in [0.4, 0.5) is 15.8 Å². The van der Waals surface area contributed by atoms with Crippen molar-refractivity contribution < 1.29 is 9.31 Å². The molecule has 2 aromatic carbocycles. The van der Waals surface area contributed by atoms with E-state index in [9.17, 15) is 14.5 Å². The van der Waals surface area contributed by atoms with Gasteiger partial charge in [-0.25, -0.2) is 4.39 Å². The maximum atomic E-state index is 13.4. The summed E-state index contributed by atoms with van der Waals surface area (Å²) in [6, 6.07) is 12.2. The highest BCUT2D eigenvalue weighted by molar-refractivity contribution is 7.80. The molecule has 6 nitrogen and oxygen atoms in total. The summed E-state index contributed by atoms with van der Waals surface area (Å²) < 4.78 is 13.4. The number of hydrogen-bond donors (Lipinski definition) is 2. The van der Waals surface area contributed by atoms with Crippen LogP contribution in [0.25, 0.3) is 0 Å². The average Bonchev–Trinajstić information content (AvgIpc) is 2.50. The predicted octanol–water partition coefficient (Wildman–Crippen LogP) is 3.05. The molecule has 0 fully saturated rings. The minimum Gasteiger partial charge on any atom is -0.329 e. The van der Waals surface area contributed by atoms with Crippen LogP contribution < -0.4 is 10.7 Å². The SMILES string of the molecule is O=[N+]([O-])c1ccccc1/C=N\NC(=S)Nc1ccccc1F. The van der Waals surface area contributed by atoms with Gasteiger partial charge in [0, 0.05) is 6.07 Å². The van der Waals surface area contributed by atoms with Crippen molar-refractivity contribution in [1.29, 1.82) is 0 Å². The lowest BCUT2D eigenvalue weighted by molar-refractivity contribution is -0.385. The second-order valence-corrected chi connectivity index (χ2v) is 4.53. The lowest BCUT2D eigenvalue weighted by atomic mass is 10.2. The molecule has 2 rings (SSSR count). The molecule has 0 spiro atoms. The van der Waals surface area contributed by atoms with Gasteiger partial charge in [-0.15, -0.1) is 0 Å². The Bertz CT molecular complexity index is 736. The number of hydrazone groups is 1. The van der Waals surface area contributed by atoms with Crippen LogP contribution in [0.15, 0.2) is 53.6 Å². The van der Waals surface area contributed by atoms with Crippen molar-refractivity contribution in [2.45, 2.75) is 0 Å². The van der Waals surface area contributed by atoms with Gasteiger partial charge in [0.05, 0.1) is 22.4 Å².